The SMILES string of the molecule is CCNC(=O)CCNC(=O)c1ccncc1C#CCCO. The van der Waals surface area contributed by atoms with Crippen molar-refractivity contribution in [3.8, 4) is 11.8 Å². The molecule has 0 saturated heterocycles. The summed E-state index contributed by atoms with van der Waals surface area (Å²) in [7, 11) is 0. The minimum Gasteiger partial charge on any atom is -0.395 e. The van der Waals surface area contributed by atoms with E-state index in [0.29, 0.717) is 24.1 Å². The number of hydrogen-bond donors (Lipinski definition) is 3. The molecule has 1 aromatic rings. The number of rotatable bonds is 6. The average Bonchev–Trinajstić information content (AvgIpc) is 2.48. The molecular formula is C15H19N3O3. The molecule has 0 atom stereocenters. The number of aromatic nitrogens is 1. The number of aliphatic hydroxyl groups excluding tert-OH is 1. The minimum atomic E-state index is -0.296. The van der Waals surface area contributed by atoms with Crippen molar-refractivity contribution in [3.63, 3.8) is 0 Å². The molecule has 0 unspecified atom stereocenters. The molecule has 6 heteroatoms. The normalized spacial score (nSPS) is 9.43. The molecule has 6 nitrogen and oxygen atoms in total. The van der Waals surface area contributed by atoms with E-state index in [1.807, 2.05) is 6.92 Å². The van der Waals surface area contributed by atoms with Crippen LogP contribution in [0.1, 0.15) is 35.7 Å². The third-order valence-electron chi connectivity index (χ3n) is 2.54. The van der Waals surface area contributed by atoms with E-state index >= 15 is 0 Å². The topological polar surface area (TPSA) is 91.3 Å². The largest absolute Gasteiger partial charge is 0.395 e. The lowest BCUT2D eigenvalue weighted by Gasteiger charge is -2.06. The van der Waals surface area contributed by atoms with E-state index in [-0.39, 0.29) is 31.4 Å². The zero-order valence-corrected chi connectivity index (χ0v) is 12.0. The summed E-state index contributed by atoms with van der Waals surface area (Å²) >= 11 is 0. The molecule has 1 aromatic heterocycles. The van der Waals surface area contributed by atoms with Crippen molar-refractivity contribution in [2.75, 3.05) is 19.7 Å². The van der Waals surface area contributed by atoms with Gasteiger partial charge >= 0.3 is 0 Å². The second-order valence-electron chi connectivity index (χ2n) is 4.16. The molecule has 112 valence electrons. The number of nitrogens with zero attached hydrogens (tertiary/aromatic N) is 1. The monoisotopic (exact) mass is 289 g/mol. The summed E-state index contributed by atoms with van der Waals surface area (Å²) in [6.45, 7) is 2.64. The van der Waals surface area contributed by atoms with E-state index in [1.54, 1.807) is 6.07 Å². The Morgan fingerprint density at radius 1 is 1.38 bits per heavy atom. The number of carbonyl (C=O) groups is 2. The maximum Gasteiger partial charge on any atom is 0.252 e. The lowest BCUT2D eigenvalue weighted by atomic mass is 10.1. The maximum atomic E-state index is 12.0. The predicted molar refractivity (Wildman–Crippen MR) is 78.5 cm³/mol. The fourth-order valence-corrected chi connectivity index (χ4v) is 1.58. The van der Waals surface area contributed by atoms with Gasteiger partial charge in [0.25, 0.3) is 5.91 Å². The molecule has 0 saturated carbocycles. The first-order valence-corrected chi connectivity index (χ1v) is 6.77. The lowest BCUT2D eigenvalue weighted by Crippen LogP contribution is -2.30. The van der Waals surface area contributed by atoms with Gasteiger partial charge in [-0.15, -0.1) is 0 Å². The highest BCUT2D eigenvalue weighted by molar-refractivity contribution is 5.96. The molecular weight excluding hydrogens is 270 g/mol. The molecule has 1 heterocycles. The van der Waals surface area contributed by atoms with Gasteiger partial charge in [-0.1, -0.05) is 11.8 Å². The van der Waals surface area contributed by atoms with Crippen molar-refractivity contribution in [3.05, 3.63) is 29.6 Å². The van der Waals surface area contributed by atoms with Gasteiger partial charge in [-0.05, 0) is 13.0 Å². The Labute approximate surface area is 124 Å². The van der Waals surface area contributed by atoms with E-state index in [9.17, 15) is 9.59 Å². The summed E-state index contributed by atoms with van der Waals surface area (Å²) in [5.74, 6) is 5.16. The van der Waals surface area contributed by atoms with Gasteiger partial charge < -0.3 is 15.7 Å². The highest BCUT2D eigenvalue weighted by Gasteiger charge is 2.10. The van der Waals surface area contributed by atoms with E-state index in [2.05, 4.69) is 27.5 Å². The molecule has 1 rings (SSSR count). The van der Waals surface area contributed by atoms with Crippen molar-refractivity contribution < 1.29 is 14.7 Å². The first kappa shape index (κ1) is 16.7. The highest BCUT2D eigenvalue weighted by atomic mass is 16.2. The van der Waals surface area contributed by atoms with Crippen molar-refractivity contribution in [1.29, 1.82) is 0 Å². The predicted octanol–water partition coefficient (Wildman–Crippen LogP) is 0.0715. The van der Waals surface area contributed by atoms with Crippen molar-refractivity contribution >= 4 is 11.8 Å². The Morgan fingerprint density at radius 3 is 2.90 bits per heavy atom. The van der Waals surface area contributed by atoms with Crippen molar-refractivity contribution in [1.82, 2.24) is 15.6 Å². The maximum absolute atomic E-state index is 12.0. The summed E-state index contributed by atoms with van der Waals surface area (Å²) in [5, 5.41) is 14.0. The minimum absolute atomic E-state index is 0.0265. The summed E-state index contributed by atoms with van der Waals surface area (Å²) in [6.07, 6.45) is 3.59. The second-order valence-corrected chi connectivity index (χ2v) is 4.16. The van der Waals surface area contributed by atoms with Gasteiger partial charge in [0.1, 0.15) is 0 Å². The summed E-state index contributed by atoms with van der Waals surface area (Å²) < 4.78 is 0. The number of carbonyl (C=O) groups excluding carboxylic acids is 2. The first-order valence-electron chi connectivity index (χ1n) is 6.77. The fourth-order valence-electron chi connectivity index (χ4n) is 1.58. The molecule has 0 fully saturated rings. The number of hydrogen-bond acceptors (Lipinski definition) is 4. The molecule has 21 heavy (non-hydrogen) atoms. The Bertz CT molecular complexity index is 547. The zero-order valence-electron chi connectivity index (χ0n) is 12.0. The third kappa shape index (κ3) is 6.06. The summed E-state index contributed by atoms with van der Waals surface area (Å²) in [4.78, 5) is 27.3. The average molecular weight is 289 g/mol. The van der Waals surface area contributed by atoms with Crippen LogP contribution in [0.4, 0.5) is 0 Å². The number of amides is 2. The van der Waals surface area contributed by atoms with Crippen LogP contribution in [-0.2, 0) is 4.79 Å². The van der Waals surface area contributed by atoms with E-state index < -0.39 is 0 Å². The number of nitrogens with one attached hydrogen (secondary N) is 2. The number of pyridine rings is 1. The Hall–Kier alpha value is -2.39. The fraction of sp³-hybridized carbons (Fsp3) is 0.400. The van der Waals surface area contributed by atoms with Gasteiger partial charge in [0.15, 0.2) is 0 Å². The van der Waals surface area contributed by atoms with Gasteiger partial charge in [-0.3, -0.25) is 14.6 Å². The van der Waals surface area contributed by atoms with Crippen LogP contribution >= 0.6 is 0 Å². The van der Waals surface area contributed by atoms with Crippen LogP contribution in [0.15, 0.2) is 18.5 Å². The standard InChI is InChI=1S/C15H19N3O3/c1-2-17-14(20)7-9-18-15(21)13-6-8-16-11-12(13)5-3-4-10-19/h6,8,11,19H,2,4,7,9-10H2,1H3,(H,17,20)(H,18,21). The van der Waals surface area contributed by atoms with Crippen LogP contribution < -0.4 is 10.6 Å². The molecule has 0 radical (unpaired) electrons. The number of aliphatic hydroxyl groups is 1. The Balaban J connectivity index is 2.62. The molecule has 0 spiro atoms. The van der Waals surface area contributed by atoms with Crippen LogP contribution in [0.3, 0.4) is 0 Å². The van der Waals surface area contributed by atoms with Crippen LogP contribution in [0, 0.1) is 11.8 Å². The van der Waals surface area contributed by atoms with Crippen LogP contribution in [0.2, 0.25) is 0 Å². The quantitative estimate of drug-likeness (QED) is 0.646. The third-order valence-corrected chi connectivity index (χ3v) is 2.54. The smallest absolute Gasteiger partial charge is 0.252 e. The van der Waals surface area contributed by atoms with E-state index in [0.717, 1.165) is 0 Å². The molecule has 2 amide bonds. The highest BCUT2D eigenvalue weighted by Crippen LogP contribution is 2.05. The summed E-state index contributed by atoms with van der Waals surface area (Å²) in [6, 6.07) is 1.57. The second kappa shape index (κ2) is 9.50. The Morgan fingerprint density at radius 2 is 2.19 bits per heavy atom. The van der Waals surface area contributed by atoms with Crippen molar-refractivity contribution in [2.24, 2.45) is 0 Å². The van der Waals surface area contributed by atoms with Crippen molar-refractivity contribution in [2.45, 2.75) is 19.8 Å². The van der Waals surface area contributed by atoms with Crippen LogP contribution in [-0.4, -0.2) is 41.6 Å². The van der Waals surface area contributed by atoms with Gasteiger partial charge in [0.2, 0.25) is 5.91 Å². The molecule has 0 aliphatic heterocycles. The molecule has 0 bridgehead atoms. The van der Waals surface area contributed by atoms with E-state index in [1.165, 1.54) is 12.4 Å². The van der Waals surface area contributed by atoms with Gasteiger partial charge in [0.05, 0.1) is 17.7 Å². The van der Waals surface area contributed by atoms with Gasteiger partial charge in [-0.25, -0.2) is 0 Å². The van der Waals surface area contributed by atoms with Gasteiger partial charge in [-0.2, -0.15) is 0 Å². The first-order chi connectivity index (χ1) is 10.2. The van der Waals surface area contributed by atoms with E-state index in [4.69, 9.17) is 5.11 Å². The lowest BCUT2D eigenvalue weighted by molar-refractivity contribution is -0.120. The molecule has 3 N–H and O–H groups in total. The van der Waals surface area contributed by atoms with Crippen LogP contribution in [0.25, 0.3) is 0 Å². The zero-order chi connectivity index (χ0) is 15.5. The molecule has 0 aromatic carbocycles. The summed E-state index contributed by atoms with van der Waals surface area (Å²) in [5.41, 5.74) is 0.910. The Kier molecular flexibility index (Phi) is 7.54. The van der Waals surface area contributed by atoms with Crippen LogP contribution in [0.5, 0.6) is 0 Å². The molecule has 0 aliphatic carbocycles. The van der Waals surface area contributed by atoms with Gasteiger partial charge in [0, 0.05) is 38.3 Å². The molecule has 0 aliphatic rings.